The lowest BCUT2D eigenvalue weighted by Crippen LogP contribution is -2.36. The zero-order valence-electron chi connectivity index (χ0n) is 11.7. The van der Waals surface area contributed by atoms with Crippen molar-refractivity contribution in [1.29, 1.82) is 0 Å². The Labute approximate surface area is 104 Å². The Balaban J connectivity index is 4.21. The fourth-order valence-electron chi connectivity index (χ4n) is 0.497. The Hall–Kier alpha value is -0.680. The predicted molar refractivity (Wildman–Crippen MR) is 67.0 cm³/mol. The molecule has 0 heterocycles. The van der Waals surface area contributed by atoms with Crippen LogP contribution < -0.4 is 0 Å². The van der Waals surface area contributed by atoms with Crippen LogP contribution in [-0.4, -0.2) is 17.0 Å². The van der Waals surface area contributed by atoms with Gasteiger partial charge in [-0.1, -0.05) is 12.2 Å². The predicted octanol–water partition coefficient (Wildman–Crippen LogP) is 3.55. The van der Waals surface area contributed by atoms with Gasteiger partial charge >= 0.3 is 0 Å². The van der Waals surface area contributed by atoms with E-state index in [1.807, 2.05) is 27.7 Å². The van der Waals surface area contributed by atoms with Crippen molar-refractivity contribution in [2.75, 3.05) is 0 Å². The lowest BCUT2D eigenvalue weighted by molar-refractivity contribution is -0.527. The first-order chi connectivity index (χ1) is 7.54. The average Bonchev–Trinajstić information content (AvgIpc) is 2.25. The largest absolute Gasteiger partial charge is 0.228 e. The van der Waals surface area contributed by atoms with Crippen LogP contribution in [0.2, 0.25) is 0 Å². The van der Waals surface area contributed by atoms with Crippen LogP contribution in [0, 0.1) is 0 Å². The quantitative estimate of drug-likeness (QED) is 0.283. The van der Waals surface area contributed by atoms with Crippen LogP contribution in [0.1, 0.15) is 41.5 Å². The van der Waals surface area contributed by atoms with E-state index in [0.717, 1.165) is 0 Å². The molecule has 0 atom stereocenters. The van der Waals surface area contributed by atoms with Gasteiger partial charge in [0.2, 0.25) is 5.79 Å². The topological polar surface area (TPSA) is 36.9 Å². The summed E-state index contributed by atoms with van der Waals surface area (Å²) in [5.74, 6) is -1.03. The third-order valence-corrected chi connectivity index (χ3v) is 1.90. The van der Waals surface area contributed by atoms with Crippen molar-refractivity contribution in [3.8, 4) is 0 Å². The van der Waals surface area contributed by atoms with E-state index in [1.165, 1.54) is 0 Å². The summed E-state index contributed by atoms with van der Waals surface area (Å²) in [6.07, 6.45) is 3.27. The van der Waals surface area contributed by atoms with Crippen LogP contribution in [0.15, 0.2) is 25.3 Å². The molecule has 0 aliphatic rings. The van der Waals surface area contributed by atoms with Crippen LogP contribution in [0.25, 0.3) is 0 Å². The first-order valence-electron chi connectivity index (χ1n) is 5.54. The molecule has 0 spiro atoms. The summed E-state index contributed by atoms with van der Waals surface area (Å²) in [5.41, 5.74) is -1.18. The second-order valence-corrected chi connectivity index (χ2v) is 5.35. The van der Waals surface area contributed by atoms with E-state index >= 15 is 0 Å². The summed E-state index contributed by atoms with van der Waals surface area (Å²) in [7, 11) is 0. The van der Waals surface area contributed by atoms with Crippen molar-refractivity contribution in [3.63, 3.8) is 0 Å². The van der Waals surface area contributed by atoms with Gasteiger partial charge in [0.1, 0.15) is 11.2 Å². The highest BCUT2D eigenvalue weighted by Gasteiger charge is 2.29. The smallest absolute Gasteiger partial charge is 0.223 e. The van der Waals surface area contributed by atoms with Crippen molar-refractivity contribution in [2.24, 2.45) is 0 Å². The van der Waals surface area contributed by atoms with Gasteiger partial charge < -0.3 is 0 Å². The van der Waals surface area contributed by atoms with Crippen molar-refractivity contribution in [1.82, 2.24) is 0 Å². The Bertz CT molecular complexity index is 241. The van der Waals surface area contributed by atoms with E-state index in [-0.39, 0.29) is 0 Å². The summed E-state index contributed by atoms with van der Waals surface area (Å²) in [6.45, 7) is 18.0. The van der Waals surface area contributed by atoms with E-state index in [2.05, 4.69) is 13.2 Å². The Morgan fingerprint density at radius 2 is 0.941 bits per heavy atom. The maximum absolute atomic E-state index is 5.19. The molecular formula is C13H24O4. The van der Waals surface area contributed by atoms with E-state index in [0.29, 0.717) is 0 Å². The van der Waals surface area contributed by atoms with Gasteiger partial charge in [0.15, 0.2) is 0 Å². The molecule has 0 aromatic carbocycles. The summed E-state index contributed by atoms with van der Waals surface area (Å²) in [4.78, 5) is 20.7. The fraction of sp³-hybridized carbons (Fsp3) is 0.692. The molecule has 0 aliphatic heterocycles. The average molecular weight is 244 g/mol. The first-order valence-corrected chi connectivity index (χ1v) is 5.54. The SMILES string of the molecule is C=CC(C)(C)OOC(C)(C)OOC(C)(C)C=C. The van der Waals surface area contributed by atoms with Crippen LogP contribution >= 0.6 is 0 Å². The molecule has 0 rings (SSSR count). The van der Waals surface area contributed by atoms with Crippen LogP contribution in [-0.2, 0) is 19.6 Å². The second-order valence-electron chi connectivity index (χ2n) is 5.35. The molecule has 0 aliphatic carbocycles. The van der Waals surface area contributed by atoms with Gasteiger partial charge in [-0.05, 0) is 41.5 Å². The summed E-state index contributed by atoms with van der Waals surface area (Å²) in [6, 6.07) is 0. The molecule has 0 amide bonds. The Morgan fingerprint density at radius 1 is 0.647 bits per heavy atom. The Morgan fingerprint density at radius 3 is 1.18 bits per heavy atom. The third-order valence-electron chi connectivity index (χ3n) is 1.90. The molecule has 0 fully saturated rings. The van der Waals surface area contributed by atoms with Crippen molar-refractivity contribution >= 4 is 0 Å². The lowest BCUT2D eigenvalue weighted by atomic mass is 10.1. The highest BCUT2D eigenvalue weighted by atomic mass is 17.3. The van der Waals surface area contributed by atoms with E-state index in [4.69, 9.17) is 19.6 Å². The van der Waals surface area contributed by atoms with E-state index in [1.54, 1.807) is 26.0 Å². The maximum atomic E-state index is 5.19. The van der Waals surface area contributed by atoms with Gasteiger partial charge in [-0.25, -0.2) is 9.78 Å². The second kappa shape index (κ2) is 5.78. The van der Waals surface area contributed by atoms with Gasteiger partial charge in [0, 0.05) is 0 Å². The van der Waals surface area contributed by atoms with Crippen LogP contribution in [0.5, 0.6) is 0 Å². The summed E-state index contributed by atoms with van der Waals surface area (Å²) < 4.78 is 0. The number of rotatable bonds is 8. The first kappa shape index (κ1) is 16.3. The van der Waals surface area contributed by atoms with Gasteiger partial charge in [-0.15, -0.1) is 13.2 Å². The molecular weight excluding hydrogens is 220 g/mol. The van der Waals surface area contributed by atoms with Crippen molar-refractivity contribution < 1.29 is 19.6 Å². The molecule has 0 saturated heterocycles. The highest BCUT2D eigenvalue weighted by Crippen LogP contribution is 2.21. The summed E-state index contributed by atoms with van der Waals surface area (Å²) >= 11 is 0. The van der Waals surface area contributed by atoms with E-state index in [9.17, 15) is 0 Å². The minimum atomic E-state index is -1.03. The van der Waals surface area contributed by atoms with Gasteiger partial charge in [-0.3, -0.25) is 0 Å². The fourth-order valence-corrected chi connectivity index (χ4v) is 0.497. The van der Waals surface area contributed by atoms with Crippen molar-refractivity contribution in [2.45, 2.75) is 58.5 Å². The van der Waals surface area contributed by atoms with Crippen molar-refractivity contribution in [3.05, 3.63) is 25.3 Å². The molecule has 0 N–H and O–H groups in total. The summed E-state index contributed by atoms with van der Waals surface area (Å²) in [5, 5.41) is 0. The molecule has 0 saturated carbocycles. The zero-order valence-corrected chi connectivity index (χ0v) is 11.7. The normalized spacial score (nSPS) is 13.5. The zero-order chi connectivity index (χ0) is 13.7. The molecule has 0 unspecified atom stereocenters. The highest BCUT2D eigenvalue weighted by molar-refractivity contribution is 4.88. The number of hydrogen-bond donors (Lipinski definition) is 0. The molecule has 0 aromatic rings. The molecule has 0 radical (unpaired) electrons. The molecule has 17 heavy (non-hydrogen) atoms. The molecule has 0 aromatic heterocycles. The Kier molecular flexibility index (Phi) is 5.55. The minimum absolute atomic E-state index is 0.589. The van der Waals surface area contributed by atoms with Crippen LogP contribution in [0.3, 0.4) is 0 Å². The lowest BCUT2D eigenvalue weighted by Gasteiger charge is -2.30. The molecule has 0 bridgehead atoms. The monoisotopic (exact) mass is 244 g/mol. The molecule has 100 valence electrons. The minimum Gasteiger partial charge on any atom is -0.223 e. The molecule has 4 heteroatoms. The van der Waals surface area contributed by atoms with Gasteiger partial charge in [0.25, 0.3) is 0 Å². The standard InChI is InChI=1S/C13H24O4/c1-9-11(3,4)14-16-13(7,8)17-15-12(5,6)10-2/h9-10H,1-2H2,3-8H3. The molecule has 4 nitrogen and oxygen atoms in total. The van der Waals surface area contributed by atoms with Gasteiger partial charge in [0.05, 0.1) is 0 Å². The maximum Gasteiger partial charge on any atom is 0.228 e. The van der Waals surface area contributed by atoms with Gasteiger partial charge in [-0.2, -0.15) is 9.78 Å². The van der Waals surface area contributed by atoms with Crippen LogP contribution in [0.4, 0.5) is 0 Å². The number of hydrogen-bond acceptors (Lipinski definition) is 4. The van der Waals surface area contributed by atoms with E-state index < -0.39 is 17.0 Å². The third kappa shape index (κ3) is 7.28.